The van der Waals surface area contributed by atoms with Gasteiger partial charge in [-0.15, -0.1) is 0 Å². The summed E-state index contributed by atoms with van der Waals surface area (Å²) in [6, 6.07) is 5.07. The predicted molar refractivity (Wildman–Crippen MR) is 114 cm³/mol. The van der Waals surface area contributed by atoms with Crippen molar-refractivity contribution in [3.63, 3.8) is 0 Å². The fourth-order valence-corrected chi connectivity index (χ4v) is 4.80. The number of nitrogens with one attached hydrogen (secondary N) is 1. The second-order valence-corrected chi connectivity index (χ2v) is 10.2. The van der Waals surface area contributed by atoms with Crippen LogP contribution in [0.2, 0.25) is 10.0 Å². The number of hydrogen-bond acceptors (Lipinski definition) is 4. The van der Waals surface area contributed by atoms with E-state index >= 15 is 0 Å². The van der Waals surface area contributed by atoms with Gasteiger partial charge in [0.25, 0.3) is 0 Å². The summed E-state index contributed by atoms with van der Waals surface area (Å²) in [6.07, 6.45) is 2.86. The summed E-state index contributed by atoms with van der Waals surface area (Å²) >= 11 is 12.1. The number of aromatic nitrogens is 2. The first-order valence-corrected chi connectivity index (χ1v) is 11.9. The number of benzene rings is 1. The van der Waals surface area contributed by atoms with Gasteiger partial charge in [0.05, 0.1) is 34.1 Å². The number of sulfonamides is 1. The molecular formula is C19H24Cl2N4O3S. The van der Waals surface area contributed by atoms with Crippen LogP contribution >= 0.6 is 23.2 Å². The largest absolute Gasteiger partial charge is 0.352 e. The first-order chi connectivity index (χ1) is 13.6. The number of nitrogens with zero attached hydrogens (tertiary/aromatic N) is 3. The molecule has 0 aliphatic carbocycles. The molecule has 1 fully saturated rings. The monoisotopic (exact) mass is 458 g/mol. The van der Waals surface area contributed by atoms with Gasteiger partial charge in [-0.25, -0.2) is 17.4 Å². The van der Waals surface area contributed by atoms with Crippen molar-refractivity contribution in [3.8, 4) is 5.69 Å². The minimum atomic E-state index is -3.25. The summed E-state index contributed by atoms with van der Waals surface area (Å²) in [5.74, 6) is -0.148. The average Bonchev–Trinajstić information content (AvgIpc) is 2.92. The number of halogens is 2. The Bertz CT molecular complexity index is 1040. The molecule has 1 amide bonds. The lowest BCUT2D eigenvalue weighted by molar-refractivity contribution is -0.121. The van der Waals surface area contributed by atoms with Crippen molar-refractivity contribution in [2.45, 2.75) is 39.2 Å². The molecule has 0 spiro atoms. The first kappa shape index (κ1) is 22.1. The molecule has 1 aliphatic rings. The molecule has 1 atom stereocenters. The fourth-order valence-electron chi connectivity index (χ4n) is 3.60. The van der Waals surface area contributed by atoms with Gasteiger partial charge >= 0.3 is 0 Å². The van der Waals surface area contributed by atoms with Crippen LogP contribution in [0.1, 0.15) is 29.8 Å². The van der Waals surface area contributed by atoms with Crippen molar-refractivity contribution in [2.24, 2.45) is 0 Å². The number of piperidine rings is 1. The van der Waals surface area contributed by atoms with Crippen molar-refractivity contribution >= 4 is 39.1 Å². The Balaban J connectivity index is 1.72. The van der Waals surface area contributed by atoms with Gasteiger partial charge < -0.3 is 5.32 Å². The van der Waals surface area contributed by atoms with Crippen LogP contribution in [0, 0.1) is 13.8 Å². The SMILES string of the molecule is Cc1nn(-c2ccc(Cl)c(Cl)c2)c(C)c1CC(=O)NC1CCCN(S(C)(=O)=O)C1. The van der Waals surface area contributed by atoms with E-state index in [1.54, 1.807) is 16.8 Å². The van der Waals surface area contributed by atoms with Gasteiger partial charge in [-0.1, -0.05) is 23.2 Å². The zero-order chi connectivity index (χ0) is 21.3. The molecule has 0 bridgehead atoms. The average molecular weight is 459 g/mol. The summed E-state index contributed by atoms with van der Waals surface area (Å²) in [6.45, 7) is 4.57. The van der Waals surface area contributed by atoms with E-state index < -0.39 is 10.0 Å². The third-order valence-electron chi connectivity index (χ3n) is 5.14. The van der Waals surface area contributed by atoms with Crippen LogP contribution in [0.25, 0.3) is 5.69 Å². The molecule has 1 unspecified atom stereocenters. The topological polar surface area (TPSA) is 84.3 Å². The summed E-state index contributed by atoms with van der Waals surface area (Å²) < 4.78 is 26.7. The second-order valence-electron chi connectivity index (χ2n) is 7.36. The third kappa shape index (κ3) is 5.12. The molecular weight excluding hydrogens is 435 g/mol. The Labute approximate surface area is 181 Å². The lowest BCUT2D eigenvalue weighted by Gasteiger charge is -2.31. The van der Waals surface area contributed by atoms with Crippen LogP contribution in [-0.4, -0.2) is 53.8 Å². The van der Waals surface area contributed by atoms with Gasteiger partial charge in [0.2, 0.25) is 15.9 Å². The Hall–Kier alpha value is -1.61. The Kier molecular flexibility index (Phi) is 6.57. The Morgan fingerprint density at radius 3 is 2.66 bits per heavy atom. The molecule has 3 rings (SSSR count). The van der Waals surface area contributed by atoms with Gasteiger partial charge in [-0.2, -0.15) is 5.10 Å². The standard InChI is InChI=1S/C19H24Cl2N4O3S/c1-12-16(13(2)25(23-12)15-6-7-17(20)18(21)9-15)10-19(26)22-14-5-4-8-24(11-14)29(3,27)28/h6-7,9,14H,4-5,8,10-11H2,1-3H3,(H,22,26). The molecule has 7 nitrogen and oxygen atoms in total. The number of amides is 1. The van der Waals surface area contributed by atoms with E-state index in [0.717, 1.165) is 35.5 Å². The maximum absolute atomic E-state index is 12.6. The summed E-state index contributed by atoms with van der Waals surface area (Å²) in [7, 11) is -3.25. The van der Waals surface area contributed by atoms with Gasteiger partial charge in [-0.3, -0.25) is 4.79 Å². The van der Waals surface area contributed by atoms with Crippen molar-refractivity contribution in [3.05, 3.63) is 45.2 Å². The minimum Gasteiger partial charge on any atom is -0.352 e. The zero-order valence-electron chi connectivity index (χ0n) is 16.6. The number of aryl methyl sites for hydroxylation is 1. The summed E-state index contributed by atoms with van der Waals surface area (Å²) in [5, 5.41) is 8.41. The molecule has 0 saturated carbocycles. The quantitative estimate of drug-likeness (QED) is 0.746. The van der Waals surface area contributed by atoms with E-state index in [9.17, 15) is 13.2 Å². The second kappa shape index (κ2) is 8.63. The third-order valence-corrected chi connectivity index (χ3v) is 7.15. The Morgan fingerprint density at radius 2 is 2.00 bits per heavy atom. The molecule has 2 aromatic rings. The van der Waals surface area contributed by atoms with Crippen LogP contribution < -0.4 is 5.32 Å². The van der Waals surface area contributed by atoms with E-state index in [0.29, 0.717) is 23.1 Å². The van der Waals surface area contributed by atoms with Crippen molar-refractivity contribution in [1.29, 1.82) is 0 Å². The maximum atomic E-state index is 12.6. The number of rotatable bonds is 5. The molecule has 1 saturated heterocycles. The van der Waals surface area contributed by atoms with Crippen LogP contribution in [0.5, 0.6) is 0 Å². The van der Waals surface area contributed by atoms with E-state index in [2.05, 4.69) is 10.4 Å². The van der Waals surface area contributed by atoms with Crippen molar-refractivity contribution < 1.29 is 13.2 Å². The van der Waals surface area contributed by atoms with Crippen LogP contribution in [0.4, 0.5) is 0 Å². The molecule has 1 aromatic heterocycles. The van der Waals surface area contributed by atoms with E-state index in [-0.39, 0.29) is 18.4 Å². The van der Waals surface area contributed by atoms with Crippen LogP contribution in [-0.2, 0) is 21.2 Å². The molecule has 158 valence electrons. The van der Waals surface area contributed by atoms with Gasteiger partial charge in [0, 0.05) is 30.4 Å². The highest BCUT2D eigenvalue weighted by molar-refractivity contribution is 7.88. The maximum Gasteiger partial charge on any atom is 0.224 e. The van der Waals surface area contributed by atoms with Gasteiger partial charge in [0.15, 0.2) is 0 Å². The Morgan fingerprint density at radius 1 is 1.28 bits per heavy atom. The lowest BCUT2D eigenvalue weighted by Crippen LogP contribution is -2.49. The molecule has 1 aromatic carbocycles. The summed E-state index contributed by atoms with van der Waals surface area (Å²) in [5.41, 5.74) is 3.20. The predicted octanol–water partition coefficient (Wildman–Crippen LogP) is 2.88. The number of hydrogen-bond donors (Lipinski definition) is 1. The lowest BCUT2D eigenvalue weighted by atomic mass is 10.1. The fraction of sp³-hybridized carbons (Fsp3) is 0.474. The number of carbonyl (C=O) groups is 1. The normalized spacial score (nSPS) is 18.0. The highest BCUT2D eigenvalue weighted by Crippen LogP contribution is 2.26. The van der Waals surface area contributed by atoms with Gasteiger partial charge in [0.1, 0.15) is 0 Å². The highest BCUT2D eigenvalue weighted by Gasteiger charge is 2.27. The zero-order valence-corrected chi connectivity index (χ0v) is 18.9. The minimum absolute atomic E-state index is 0.148. The summed E-state index contributed by atoms with van der Waals surface area (Å²) in [4.78, 5) is 12.6. The van der Waals surface area contributed by atoms with Crippen molar-refractivity contribution in [2.75, 3.05) is 19.3 Å². The van der Waals surface area contributed by atoms with Crippen LogP contribution in [0.3, 0.4) is 0 Å². The smallest absolute Gasteiger partial charge is 0.224 e. The van der Waals surface area contributed by atoms with E-state index in [1.165, 1.54) is 10.6 Å². The highest BCUT2D eigenvalue weighted by atomic mass is 35.5. The van der Waals surface area contributed by atoms with Gasteiger partial charge in [-0.05, 0) is 44.9 Å². The van der Waals surface area contributed by atoms with E-state index in [4.69, 9.17) is 23.2 Å². The molecule has 10 heteroatoms. The van der Waals surface area contributed by atoms with Crippen molar-refractivity contribution in [1.82, 2.24) is 19.4 Å². The van der Waals surface area contributed by atoms with E-state index in [1.807, 2.05) is 19.9 Å². The molecule has 2 heterocycles. The van der Waals surface area contributed by atoms with Crippen LogP contribution in [0.15, 0.2) is 18.2 Å². The molecule has 0 radical (unpaired) electrons. The number of carbonyl (C=O) groups excluding carboxylic acids is 1. The molecule has 1 N–H and O–H groups in total. The first-order valence-electron chi connectivity index (χ1n) is 9.31. The molecule has 29 heavy (non-hydrogen) atoms. The molecule has 1 aliphatic heterocycles.